The van der Waals surface area contributed by atoms with Crippen LogP contribution >= 0.6 is 0 Å². The maximum atomic E-state index is 9.16. The van der Waals surface area contributed by atoms with Gasteiger partial charge in [-0.05, 0) is 37.1 Å². The molecule has 0 unspecified atom stereocenters. The molecule has 1 aromatic carbocycles. The first-order chi connectivity index (χ1) is 7.81. The summed E-state index contributed by atoms with van der Waals surface area (Å²) in [6.45, 7) is 0. The van der Waals surface area contributed by atoms with Crippen molar-refractivity contribution in [2.75, 3.05) is 5.32 Å². The minimum absolute atomic E-state index is 0.226. The van der Waals surface area contributed by atoms with Crippen molar-refractivity contribution in [2.24, 2.45) is 0 Å². The van der Waals surface area contributed by atoms with Crippen molar-refractivity contribution in [3.8, 4) is 17.1 Å². The summed E-state index contributed by atoms with van der Waals surface area (Å²) in [4.78, 5) is 4.22. The monoisotopic (exact) mass is 217 g/mol. The Morgan fingerprint density at radius 1 is 1.25 bits per heavy atom. The van der Waals surface area contributed by atoms with Crippen LogP contribution in [0.3, 0.4) is 0 Å². The maximum absolute atomic E-state index is 9.16. The zero-order valence-electron chi connectivity index (χ0n) is 8.55. The third-order valence-electron chi connectivity index (χ3n) is 2.46. The molecule has 0 saturated heterocycles. The lowest BCUT2D eigenvalue weighted by atomic mass is 10.2. The van der Waals surface area contributed by atoms with Crippen LogP contribution in [0.1, 0.15) is 12.8 Å². The van der Waals surface area contributed by atoms with E-state index in [1.54, 1.807) is 24.3 Å². The lowest BCUT2D eigenvalue weighted by Crippen LogP contribution is -2.00. The number of aromatic nitrogens is 2. The average Bonchev–Trinajstić information content (AvgIpc) is 2.97. The molecule has 0 atom stereocenters. The summed E-state index contributed by atoms with van der Waals surface area (Å²) in [5.41, 5.74) is 0.824. The molecule has 1 aromatic heterocycles. The smallest absolute Gasteiger partial charge is 0.322 e. The molecule has 16 heavy (non-hydrogen) atoms. The van der Waals surface area contributed by atoms with E-state index in [1.165, 1.54) is 0 Å². The van der Waals surface area contributed by atoms with Gasteiger partial charge in [-0.3, -0.25) is 0 Å². The predicted octanol–water partition coefficient (Wildman–Crippen LogP) is 2.02. The van der Waals surface area contributed by atoms with E-state index in [-0.39, 0.29) is 5.75 Å². The first-order valence-corrected chi connectivity index (χ1v) is 5.21. The van der Waals surface area contributed by atoms with Crippen LogP contribution in [0.15, 0.2) is 28.8 Å². The third kappa shape index (κ3) is 1.84. The van der Waals surface area contributed by atoms with Gasteiger partial charge in [-0.15, -0.1) is 0 Å². The van der Waals surface area contributed by atoms with E-state index >= 15 is 0 Å². The Bertz CT molecular complexity index is 488. The predicted molar refractivity (Wildman–Crippen MR) is 58.0 cm³/mol. The molecule has 0 radical (unpaired) electrons. The van der Waals surface area contributed by atoms with Gasteiger partial charge >= 0.3 is 6.01 Å². The number of nitrogens with zero attached hydrogens (tertiary/aromatic N) is 2. The van der Waals surface area contributed by atoms with Gasteiger partial charge in [-0.25, -0.2) is 0 Å². The highest BCUT2D eigenvalue weighted by Crippen LogP contribution is 2.25. The minimum Gasteiger partial charge on any atom is -0.508 e. The first kappa shape index (κ1) is 9.21. The number of phenols is 1. The Labute approximate surface area is 92.1 Å². The molecule has 5 heteroatoms. The number of benzene rings is 1. The van der Waals surface area contributed by atoms with Gasteiger partial charge in [-0.1, -0.05) is 5.16 Å². The molecule has 3 rings (SSSR count). The molecular weight excluding hydrogens is 206 g/mol. The van der Waals surface area contributed by atoms with Crippen molar-refractivity contribution in [1.82, 2.24) is 10.1 Å². The van der Waals surface area contributed by atoms with Gasteiger partial charge in [-0.2, -0.15) is 4.98 Å². The van der Waals surface area contributed by atoms with Crippen LogP contribution in [0.4, 0.5) is 6.01 Å². The largest absolute Gasteiger partial charge is 0.508 e. The average molecular weight is 217 g/mol. The molecule has 1 fully saturated rings. The second-order valence-corrected chi connectivity index (χ2v) is 3.89. The number of phenolic OH excluding ortho intramolecular Hbond substituents is 1. The van der Waals surface area contributed by atoms with Crippen molar-refractivity contribution in [2.45, 2.75) is 18.9 Å². The maximum Gasteiger partial charge on any atom is 0.322 e. The number of rotatable bonds is 3. The van der Waals surface area contributed by atoms with Crippen LogP contribution in [0.2, 0.25) is 0 Å². The highest BCUT2D eigenvalue weighted by atomic mass is 16.5. The van der Waals surface area contributed by atoms with Gasteiger partial charge in [0.2, 0.25) is 5.82 Å². The van der Waals surface area contributed by atoms with Crippen LogP contribution in [0.5, 0.6) is 5.75 Å². The molecule has 0 aliphatic heterocycles. The topological polar surface area (TPSA) is 71.2 Å². The van der Waals surface area contributed by atoms with E-state index in [2.05, 4.69) is 15.5 Å². The zero-order chi connectivity index (χ0) is 11.0. The lowest BCUT2D eigenvalue weighted by molar-refractivity contribution is 0.432. The quantitative estimate of drug-likeness (QED) is 0.822. The van der Waals surface area contributed by atoms with E-state index in [1.807, 2.05) is 0 Å². The highest BCUT2D eigenvalue weighted by molar-refractivity contribution is 5.56. The van der Waals surface area contributed by atoms with Crippen LogP contribution < -0.4 is 5.32 Å². The van der Waals surface area contributed by atoms with Gasteiger partial charge < -0.3 is 14.9 Å². The fraction of sp³-hybridized carbons (Fsp3) is 0.273. The number of anilines is 1. The number of hydrogen-bond acceptors (Lipinski definition) is 5. The van der Waals surface area contributed by atoms with Crippen molar-refractivity contribution in [3.05, 3.63) is 24.3 Å². The van der Waals surface area contributed by atoms with E-state index in [0.717, 1.165) is 18.4 Å². The summed E-state index contributed by atoms with van der Waals surface area (Å²) in [6.07, 6.45) is 2.33. The normalized spacial score (nSPS) is 15.0. The van der Waals surface area contributed by atoms with Crippen LogP contribution in [0.25, 0.3) is 11.4 Å². The fourth-order valence-corrected chi connectivity index (χ4v) is 1.41. The van der Waals surface area contributed by atoms with Crippen molar-refractivity contribution in [1.29, 1.82) is 0 Å². The van der Waals surface area contributed by atoms with Crippen molar-refractivity contribution >= 4 is 6.01 Å². The third-order valence-corrected chi connectivity index (χ3v) is 2.46. The van der Waals surface area contributed by atoms with Gasteiger partial charge in [0.25, 0.3) is 0 Å². The van der Waals surface area contributed by atoms with E-state index < -0.39 is 0 Å². The van der Waals surface area contributed by atoms with Crippen LogP contribution in [0, 0.1) is 0 Å². The second-order valence-electron chi connectivity index (χ2n) is 3.89. The summed E-state index contributed by atoms with van der Waals surface area (Å²) >= 11 is 0. The van der Waals surface area contributed by atoms with Crippen LogP contribution in [-0.4, -0.2) is 21.3 Å². The summed E-state index contributed by atoms with van der Waals surface area (Å²) in [5.74, 6) is 0.756. The fourth-order valence-electron chi connectivity index (χ4n) is 1.41. The number of aromatic hydroxyl groups is 1. The Hall–Kier alpha value is -2.04. The van der Waals surface area contributed by atoms with E-state index in [0.29, 0.717) is 17.9 Å². The highest BCUT2D eigenvalue weighted by Gasteiger charge is 2.23. The van der Waals surface area contributed by atoms with Crippen molar-refractivity contribution < 1.29 is 9.63 Å². The van der Waals surface area contributed by atoms with Gasteiger partial charge in [0.1, 0.15) is 5.75 Å². The van der Waals surface area contributed by atoms with Gasteiger partial charge in [0.15, 0.2) is 0 Å². The molecule has 2 N–H and O–H groups in total. The molecule has 2 aromatic rings. The number of hydrogen-bond donors (Lipinski definition) is 2. The van der Waals surface area contributed by atoms with E-state index in [4.69, 9.17) is 9.63 Å². The molecule has 1 aliphatic rings. The zero-order valence-corrected chi connectivity index (χ0v) is 8.55. The molecule has 82 valence electrons. The Morgan fingerprint density at radius 2 is 2.00 bits per heavy atom. The summed E-state index contributed by atoms with van der Waals surface area (Å²) < 4.78 is 5.07. The molecule has 1 heterocycles. The Kier molecular flexibility index (Phi) is 2.02. The minimum atomic E-state index is 0.226. The molecule has 0 amide bonds. The molecule has 5 nitrogen and oxygen atoms in total. The van der Waals surface area contributed by atoms with E-state index in [9.17, 15) is 0 Å². The van der Waals surface area contributed by atoms with Gasteiger partial charge in [0, 0.05) is 11.6 Å². The molecule has 0 spiro atoms. The Morgan fingerprint density at radius 3 is 2.69 bits per heavy atom. The summed E-state index contributed by atoms with van der Waals surface area (Å²) in [6, 6.07) is 7.65. The molecule has 0 bridgehead atoms. The standard InChI is InChI=1S/C11H11N3O2/c15-9-5-1-7(2-6-9)10-13-11(16-14-10)12-8-3-4-8/h1-2,5-6,8,15H,3-4H2,(H,12,13,14). The molecule has 1 aliphatic carbocycles. The Balaban J connectivity index is 1.82. The van der Waals surface area contributed by atoms with Crippen LogP contribution in [-0.2, 0) is 0 Å². The summed E-state index contributed by atoms with van der Waals surface area (Å²) in [5, 5.41) is 16.2. The molecule has 1 saturated carbocycles. The number of nitrogens with one attached hydrogen (secondary N) is 1. The SMILES string of the molecule is Oc1ccc(-c2noc(NC3CC3)n2)cc1. The van der Waals surface area contributed by atoms with Crippen molar-refractivity contribution in [3.63, 3.8) is 0 Å². The lowest BCUT2D eigenvalue weighted by Gasteiger charge is -1.94. The summed E-state index contributed by atoms with van der Waals surface area (Å²) in [7, 11) is 0. The van der Waals surface area contributed by atoms with Gasteiger partial charge in [0.05, 0.1) is 0 Å². The molecular formula is C11H11N3O2. The first-order valence-electron chi connectivity index (χ1n) is 5.21. The second kappa shape index (κ2) is 3.52.